The number of rotatable bonds is 5. The lowest BCUT2D eigenvalue weighted by atomic mass is 10.2. The molecule has 2 heterocycles. The highest BCUT2D eigenvalue weighted by Crippen LogP contribution is 2.22. The standard InChI is InChI=1S/C17H17N3O3/c1-13-15(19-16(23-13)14-6-3-2-4-7-14)8-5-11-22-17(21)20-10-9-18-12-20/h2-4,6-7,9-10,12H,5,8,11H2,1H3. The number of aryl methyl sites for hydroxylation is 2. The fraction of sp³-hybridized carbons (Fsp3) is 0.235. The Hall–Kier alpha value is -2.89. The Bertz CT molecular complexity index is 764. The molecule has 0 aliphatic rings. The molecule has 2 aromatic heterocycles. The van der Waals surface area contributed by atoms with E-state index in [1.165, 1.54) is 17.1 Å². The number of oxazole rings is 1. The van der Waals surface area contributed by atoms with E-state index >= 15 is 0 Å². The predicted octanol–water partition coefficient (Wildman–Crippen LogP) is 3.46. The number of imidazole rings is 1. The van der Waals surface area contributed by atoms with Gasteiger partial charge >= 0.3 is 6.09 Å². The number of ether oxygens (including phenoxy) is 1. The summed E-state index contributed by atoms with van der Waals surface area (Å²) in [6, 6.07) is 9.77. The van der Waals surface area contributed by atoms with E-state index in [9.17, 15) is 4.79 Å². The minimum absolute atomic E-state index is 0.323. The molecule has 0 N–H and O–H groups in total. The summed E-state index contributed by atoms with van der Waals surface area (Å²) >= 11 is 0. The van der Waals surface area contributed by atoms with Crippen molar-refractivity contribution >= 4 is 6.09 Å². The minimum Gasteiger partial charge on any atom is -0.449 e. The first kappa shape index (κ1) is 15.0. The molecule has 1 aromatic carbocycles. The largest absolute Gasteiger partial charge is 0.449 e. The third-order valence-corrected chi connectivity index (χ3v) is 3.41. The first-order chi connectivity index (χ1) is 11.2. The van der Waals surface area contributed by atoms with Crippen LogP contribution in [0.3, 0.4) is 0 Å². The lowest BCUT2D eigenvalue weighted by Gasteiger charge is -2.03. The molecule has 6 heteroatoms. The highest BCUT2D eigenvalue weighted by Gasteiger charge is 2.11. The molecule has 0 spiro atoms. The molecule has 3 aromatic rings. The highest BCUT2D eigenvalue weighted by molar-refractivity contribution is 5.69. The average Bonchev–Trinajstić information content (AvgIpc) is 3.22. The van der Waals surface area contributed by atoms with Crippen molar-refractivity contribution in [2.75, 3.05) is 6.61 Å². The lowest BCUT2D eigenvalue weighted by molar-refractivity contribution is 0.146. The van der Waals surface area contributed by atoms with Gasteiger partial charge in [-0.05, 0) is 31.9 Å². The SMILES string of the molecule is Cc1oc(-c2ccccc2)nc1CCCOC(=O)n1ccnc1. The summed E-state index contributed by atoms with van der Waals surface area (Å²) in [7, 11) is 0. The number of carbonyl (C=O) groups excluding carboxylic acids is 1. The summed E-state index contributed by atoms with van der Waals surface area (Å²) < 4.78 is 12.2. The van der Waals surface area contributed by atoms with Gasteiger partial charge in [0.15, 0.2) is 0 Å². The normalized spacial score (nSPS) is 10.7. The van der Waals surface area contributed by atoms with Gasteiger partial charge in [-0.15, -0.1) is 0 Å². The summed E-state index contributed by atoms with van der Waals surface area (Å²) in [4.78, 5) is 20.0. The van der Waals surface area contributed by atoms with Gasteiger partial charge in [0.05, 0.1) is 12.3 Å². The predicted molar refractivity (Wildman–Crippen MR) is 84.0 cm³/mol. The number of hydrogen-bond acceptors (Lipinski definition) is 5. The molecule has 23 heavy (non-hydrogen) atoms. The Morgan fingerprint density at radius 2 is 2.13 bits per heavy atom. The zero-order chi connectivity index (χ0) is 16.1. The third-order valence-electron chi connectivity index (χ3n) is 3.41. The number of carbonyl (C=O) groups is 1. The molecule has 0 amide bonds. The second-order valence-corrected chi connectivity index (χ2v) is 5.08. The Morgan fingerprint density at radius 3 is 2.87 bits per heavy atom. The summed E-state index contributed by atoms with van der Waals surface area (Å²) in [6.07, 6.45) is 5.45. The van der Waals surface area contributed by atoms with E-state index in [2.05, 4.69) is 9.97 Å². The van der Waals surface area contributed by atoms with Crippen molar-refractivity contribution in [3.8, 4) is 11.5 Å². The highest BCUT2D eigenvalue weighted by atomic mass is 16.5. The van der Waals surface area contributed by atoms with Crippen molar-refractivity contribution in [1.82, 2.24) is 14.5 Å². The van der Waals surface area contributed by atoms with Crippen LogP contribution < -0.4 is 0 Å². The van der Waals surface area contributed by atoms with E-state index in [1.807, 2.05) is 37.3 Å². The molecule has 0 aliphatic heterocycles. The molecule has 0 atom stereocenters. The second kappa shape index (κ2) is 6.91. The maximum Gasteiger partial charge on any atom is 0.419 e. The molecule has 0 bridgehead atoms. The molecular formula is C17H17N3O3. The van der Waals surface area contributed by atoms with Crippen LogP contribution in [-0.2, 0) is 11.2 Å². The fourth-order valence-corrected chi connectivity index (χ4v) is 2.20. The van der Waals surface area contributed by atoms with Crippen LogP contribution in [0.1, 0.15) is 17.9 Å². The number of aromatic nitrogens is 3. The van der Waals surface area contributed by atoms with E-state index < -0.39 is 6.09 Å². The van der Waals surface area contributed by atoms with Gasteiger partial charge in [-0.3, -0.25) is 0 Å². The smallest absolute Gasteiger partial charge is 0.419 e. The number of hydrogen-bond donors (Lipinski definition) is 0. The van der Waals surface area contributed by atoms with Crippen LogP contribution in [-0.4, -0.2) is 27.2 Å². The zero-order valence-corrected chi connectivity index (χ0v) is 12.8. The molecular weight excluding hydrogens is 294 g/mol. The van der Waals surface area contributed by atoms with Crippen LogP contribution in [0.25, 0.3) is 11.5 Å². The van der Waals surface area contributed by atoms with E-state index in [4.69, 9.17) is 9.15 Å². The minimum atomic E-state index is -0.427. The quantitative estimate of drug-likeness (QED) is 0.675. The van der Waals surface area contributed by atoms with Gasteiger partial charge in [-0.1, -0.05) is 18.2 Å². The fourth-order valence-electron chi connectivity index (χ4n) is 2.20. The maximum atomic E-state index is 11.6. The van der Waals surface area contributed by atoms with Crippen LogP contribution in [0.4, 0.5) is 4.79 Å². The topological polar surface area (TPSA) is 70.2 Å². The van der Waals surface area contributed by atoms with E-state index in [0.717, 1.165) is 17.0 Å². The van der Waals surface area contributed by atoms with Crippen molar-refractivity contribution < 1.29 is 13.9 Å². The molecule has 3 rings (SSSR count). The third kappa shape index (κ3) is 3.66. The van der Waals surface area contributed by atoms with Crippen LogP contribution in [0, 0.1) is 6.92 Å². The van der Waals surface area contributed by atoms with Gasteiger partial charge in [0, 0.05) is 18.0 Å². The number of benzene rings is 1. The maximum absolute atomic E-state index is 11.6. The summed E-state index contributed by atoms with van der Waals surface area (Å²) in [5.41, 5.74) is 1.84. The monoisotopic (exact) mass is 311 g/mol. The first-order valence-electron chi connectivity index (χ1n) is 7.41. The van der Waals surface area contributed by atoms with E-state index in [1.54, 1.807) is 6.20 Å². The molecule has 0 saturated carbocycles. The Morgan fingerprint density at radius 1 is 1.30 bits per heavy atom. The summed E-state index contributed by atoms with van der Waals surface area (Å²) in [6.45, 7) is 2.22. The lowest BCUT2D eigenvalue weighted by Crippen LogP contribution is -2.12. The van der Waals surface area contributed by atoms with Gasteiger partial charge in [-0.25, -0.2) is 19.3 Å². The summed E-state index contributed by atoms with van der Waals surface area (Å²) in [5.74, 6) is 1.42. The van der Waals surface area contributed by atoms with E-state index in [0.29, 0.717) is 25.3 Å². The van der Waals surface area contributed by atoms with Gasteiger partial charge in [0.1, 0.15) is 12.1 Å². The molecule has 0 radical (unpaired) electrons. The molecule has 6 nitrogen and oxygen atoms in total. The zero-order valence-electron chi connectivity index (χ0n) is 12.8. The molecule has 118 valence electrons. The van der Waals surface area contributed by atoms with Gasteiger partial charge in [0.25, 0.3) is 0 Å². The van der Waals surface area contributed by atoms with Crippen LogP contribution in [0.2, 0.25) is 0 Å². The Kier molecular flexibility index (Phi) is 4.52. The van der Waals surface area contributed by atoms with E-state index in [-0.39, 0.29) is 0 Å². The second-order valence-electron chi connectivity index (χ2n) is 5.08. The van der Waals surface area contributed by atoms with Crippen molar-refractivity contribution in [2.24, 2.45) is 0 Å². The average molecular weight is 311 g/mol. The van der Waals surface area contributed by atoms with Crippen molar-refractivity contribution in [3.63, 3.8) is 0 Å². The molecule has 0 saturated heterocycles. The Balaban J connectivity index is 1.53. The van der Waals surface area contributed by atoms with Crippen molar-refractivity contribution in [2.45, 2.75) is 19.8 Å². The van der Waals surface area contributed by atoms with Crippen molar-refractivity contribution in [3.05, 3.63) is 60.5 Å². The summed E-state index contributed by atoms with van der Waals surface area (Å²) in [5, 5.41) is 0. The molecule has 0 fully saturated rings. The number of nitrogens with zero attached hydrogens (tertiary/aromatic N) is 3. The van der Waals surface area contributed by atoms with Crippen molar-refractivity contribution in [1.29, 1.82) is 0 Å². The molecule has 0 unspecified atom stereocenters. The van der Waals surface area contributed by atoms with Crippen LogP contribution in [0.5, 0.6) is 0 Å². The van der Waals surface area contributed by atoms with Gasteiger partial charge in [-0.2, -0.15) is 0 Å². The first-order valence-corrected chi connectivity index (χ1v) is 7.41. The molecule has 0 aliphatic carbocycles. The van der Waals surface area contributed by atoms with Gasteiger partial charge in [0.2, 0.25) is 5.89 Å². The van der Waals surface area contributed by atoms with Crippen LogP contribution >= 0.6 is 0 Å². The van der Waals surface area contributed by atoms with Gasteiger partial charge < -0.3 is 9.15 Å². The van der Waals surface area contributed by atoms with Crippen LogP contribution in [0.15, 0.2) is 53.5 Å². The Labute approximate surface area is 133 Å².